The third-order valence-corrected chi connectivity index (χ3v) is 6.53. The number of aromatic nitrogens is 3. The number of anilines is 1. The molecule has 1 aromatic heterocycles. The highest BCUT2D eigenvalue weighted by Gasteiger charge is 2.39. The molecule has 0 radical (unpaired) electrons. The van der Waals surface area contributed by atoms with E-state index in [1.165, 1.54) is 30.0 Å². The van der Waals surface area contributed by atoms with Crippen LogP contribution in [0.25, 0.3) is 0 Å². The number of amides is 1. The minimum Gasteiger partial charge on any atom is -0.324 e. The molecule has 1 aliphatic heterocycles. The molecule has 0 saturated heterocycles. The van der Waals surface area contributed by atoms with Crippen molar-refractivity contribution in [3.63, 3.8) is 0 Å². The molecule has 3 aromatic rings. The van der Waals surface area contributed by atoms with Crippen LogP contribution in [0.3, 0.4) is 0 Å². The maximum atomic E-state index is 13.4. The third-order valence-electron chi connectivity index (χ3n) is 5.32. The van der Waals surface area contributed by atoms with E-state index in [1.807, 2.05) is 31.2 Å². The van der Waals surface area contributed by atoms with Gasteiger partial charge in [0.05, 0.1) is 17.3 Å². The molecule has 32 heavy (non-hydrogen) atoms. The number of alkyl halides is 3. The lowest BCUT2D eigenvalue weighted by molar-refractivity contribution is -0.137. The molecule has 2 aromatic carbocycles. The third kappa shape index (κ3) is 4.32. The van der Waals surface area contributed by atoms with E-state index in [0.29, 0.717) is 17.4 Å². The maximum absolute atomic E-state index is 13.4. The van der Waals surface area contributed by atoms with Crippen LogP contribution in [0, 0.1) is 0 Å². The number of thioether (sulfide) groups is 1. The van der Waals surface area contributed by atoms with Crippen molar-refractivity contribution < 1.29 is 18.0 Å². The van der Waals surface area contributed by atoms with Crippen LogP contribution >= 0.6 is 11.8 Å². The van der Waals surface area contributed by atoms with Gasteiger partial charge in [-0.2, -0.15) is 13.2 Å². The summed E-state index contributed by atoms with van der Waals surface area (Å²) in [5.74, 6) is 0.167. The second-order valence-electron chi connectivity index (χ2n) is 7.36. The Balaban J connectivity index is 1.68. The number of hydrogen-bond donors (Lipinski definition) is 2. The first-order valence-electron chi connectivity index (χ1n) is 10.2. The van der Waals surface area contributed by atoms with Crippen molar-refractivity contribution in [3.05, 3.63) is 71.0 Å². The molecule has 1 amide bonds. The summed E-state index contributed by atoms with van der Waals surface area (Å²) in [5, 5.41) is 10.5. The molecular weight excluding hydrogens is 439 g/mol. The van der Waals surface area contributed by atoms with Crippen molar-refractivity contribution in [1.29, 1.82) is 0 Å². The number of carbonyl (C=O) groups excluding carboxylic acids is 1. The van der Waals surface area contributed by atoms with E-state index in [0.717, 1.165) is 23.6 Å². The normalized spacial score (nSPS) is 18.0. The lowest BCUT2D eigenvalue weighted by Crippen LogP contribution is -2.41. The standard InChI is InChI=1S/C22H22F3N5OS/c1-3-13-9-11-14(12-10-13)18-19(32-21-28-27-17(4-2)30(21)29-18)20(31)26-16-8-6-5-7-15(16)22(23,24)25/h5-12,18-19,29H,3-4H2,1-2H3,(H,26,31)/t18-,19-/m1/s1. The van der Waals surface area contributed by atoms with Crippen molar-refractivity contribution in [2.75, 3.05) is 10.7 Å². The van der Waals surface area contributed by atoms with Crippen molar-refractivity contribution in [2.45, 2.75) is 49.3 Å². The van der Waals surface area contributed by atoms with Gasteiger partial charge < -0.3 is 10.7 Å². The number of rotatable bonds is 5. The molecule has 1 aliphatic rings. The molecule has 2 atom stereocenters. The Labute approximate surface area is 187 Å². The smallest absolute Gasteiger partial charge is 0.324 e. The number of nitrogens with one attached hydrogen (secondary N) is 2. The average Bonchev–Trinajstić information content (AvgIpc) is 3.20. The fraction of sp³-hybridized carbons (Fsp3) is 0.318. The Hall–Kier alpha value is -3.01. The van der Waals surface area contributed by atoms with E-state index in [4.69, 9.17) is 0 Å². The van der Waals surface area contributed by atoms with E-state index in [9.17, 15) is 18.0 Å². The predicted octanol–water partition coefficient (Wildman–Crippen LogP) is 4.82. The molecule has 0 unspecified atom stereocenters. The molecule has 0 bridgehead atoms. The maximum Gasteiger partial charge on any atom is 0.418 e. The quantitative estimate of drug-likeness (QED) is 0.570. The zero-order chi connectivity index (χ0) is 22.9. The molecular formula is C22H22F3N5OS. The van der Waals surface area contributed by atoms with Gasteiger partial charge in [-0.3, -0.25) is 4.79 Å². The number of nitrogens with zero attached hydrogens (tertiary/aromatic N) is 3. The molecule has 0 spiro atoms. The molecule has 2 N–H and O–H groups in total. The summed E-state index contributed by atoms with van der Waals surface area (Å²) in [6.45, 7) is 4.00. The molecule has 4 rings (SSSR count). The molecule has 168 valence electrons. The number of benzene rings is 2. The first-order valence-corrected chi connectivity index (χ1v) is 11.1. The van der Waals surface area contributed by atoms with Crippen molar-refractivity contribution in [2.24, 2.45) is 0 Å². The van der Waals surface area contributed by atoms with Crippen LogP contribution in [-0.4, -0.2) is 26.0 Å². The Bertz CT molecular complexity index is 1110. The number of carbonyl (C=O) groups is 1. The van der Waals surface area contributed by atoms with Gasteiger partial charge in [0, 0.05) is 6.42 Å². The predicted molar refractivity (Wildman–Crippen MR) is 117 cm³/mol. The summed E-state index contributed by atoms with van der Waals surface area (Å²) >= 11 is 1.18. The summed E-state index contributed by atoms with van der Waals surface area (Å²) in [6.07, 6.45) is -3.06. The lowest BCUT2D eigenvalue weighted by Gasteiger charge is -2.33. The van der Waals surface area contributed by atoms with Crippen molar-refractivity contribution >= 4 is 23.4 Å². The van der Waals surface area contributed by atoms with Crippen LogP contribution < -0.4 is 10.7 Å². The van der Waals surface area contributed by atoms with Crippen LogP contribution in [0.1, 0.15) is 42.4 Å². The largest absolute Gasteiger partial charge is 0.418 e. The SMILES string of the molecule is CCc1ccc([C@H]2Nn3c(CC)nnc3S[C@H]2C(=O)Nc2ccccc2C(F)(F)F)cc1. The first-order chi connectivity index (χ1) is 15.3. The van der Waals surface area contributed by atoms with Gasteiger partial charge in [0.1, 0.15) is 5.25 Å². The van der Waals surface area contributed by atoms with Gasteiger partial charge in [0.25, 0.3) is 0 Å². The van der Waals surface area contributed by atoms with Crippen LogP contribution in [0.15, 0.2) is 53.7 Å². The summed E-state index contributed by atoms with van der Waals surface area (Å²) in [6, 6.07) is 12.3. The summed E-state index contributed by atoms with van der Waals surface area (Å²) < 4.78 is 42.0. The Morgan fingerprint density at radius 1 is 1.09 bits per heavy atom. The van der Waals surface area contributed by atoms with E-state index in [2.05, 4.69) is 27.9 Å². The van der Waals surface area contributed by atoms with E-state index in [-0.39, 0.29) is 5.69 Å². The Morgan fingerprint density at radius 3 is 2.47 bits per heavy atom. The number of aryl methyl sites for hydroxylation is 2. The van der Waals surface area contributed by atoms with E-state index >= 15 is 0 Å². The second-order valence-corrected chi connectivity index (χ2v) is 8.47. The van der Waals surface area contributed by atoms with Gasteiger partial charge in [-0.1, -0.05) is 62.0 Å². The molecule has 6 nitrogen and oxygen atoms in total. The Kier molecular flexibility index (Phi) is 6.14. The second kappa shape index (κ2) is 8.85. The van der Waals surface area contributed by atoms with Crippen LogP contribution in [0.5, 0.6) is 0 Å². The number of para-hydroxylation sites is 1. The topological polar surface area (TPSA) is 71.8 Å². The van der Waals surface area contributed by atoms with E-state index < -0.39 is 28.9 Å². The molecule has 2 heterocycles. The number of hydrogen-bond acceptors (Lipinski definition) is 5. The van der Waals surface area contributed by atoms with Gasteiger partial charge in [0.2, 0.25) is 11.1 Å². The highest BCUT2D eigenvalue weighted by atomic mass is 32.2. The van der Waals surface area contributed by atoms with Crippen molar-refractivity contribution in [1.82, 2.24) is 14.9 Å². The minimum absolute atomic E-state index is 0.271. The fourth-order valence-corrected chi connectivity index (χ4v) is 4.68. The molecule has 10 heteroatoms. The minimum atomic E-state index is -4.58. The van der Waals surface area contributed by atoms with Crippen LogP contribution in [-0.2, 0) is 23.8 Å². The molecule has 0 aliphatic carbocycles. The van der Waals surface area contributed by atoms with Gasteiger partial charge in [-0.15, -0.1) is 10.2 Å². The van der Waals surface area contributed by atoms with Gasteiger partial charge >= 0.3 is 6.18 Å². The fourth-order valence-electron chi connectivity index (χ4n) is 3.58. The summed E-state index contributed by atoms with van der Waals surface area (Å²) in [7, 11) is 0. The average molecular weight is 462 g/mol. The van der Waals surface area contributed by atoms with Crippen LogP contribution in [0.2, 0.25) is 0 Å². The summed E-state index contributed by atoms with van der Waals surface area (Å²) in [5.41, 5.74) is 4.14. The van der Waals surface area contributed by atoms with Gasteiger partial charge in [0.15, 0.2) is 5.82 Å². The zero-order valence-electron chi connectivity index (χ0n) is 17.5. The highest BCUT2D eigenvalue weighted by molar-refractivity contribution is 8.00. The van der Waals surface area contributed by atoms with Gasteiger partial charge in [-0.05, 0) is 29.7 Å². The van der Waals surface area contributed by atoms with Gasteiger partial charge in [-0.25, -0.2) is 4.68 Å². The number of halogens is 3. The number of fused-ring (bicyclic) bond motifs is 1. The molecule has 0 saturated carbocycles. The monoisotopic (exact) mass is 461 g/mol. The van der Waals surface area contributed by atoms with E-state index in [1.54, 1.807) is 4.68 Å². The lowest BCUT2D eigenvalue weighted by atomic mass is 10.0. The Morgan fingerprint density at radius 2 is 1.81 bits per heavy atom. The first kappa shape index (κ1) is 22.2. The highest BCUT2D eigenvalue weighted by Crippen LogP contribution is 2.39. The molecule has 0 fully saturated rings. The zero-order valence-corrected chi connectivity index (χ0v) is 18.3. The van der Waals surface area contributed by atoms with Crippen molar-refractivity contribution in [3.8, 4) is 0 Å². The van der Waals surface area contributed by atoms with Crippen LogP contribution in [0.4, 0.5) is 18.9 Å². The summed E-state index contributed by atoms with van der Waals surface area (Å²) in [4.78, 5) is 13.2.